The van der Waals surface area contributed by atoms with Gasteiger partial charge < -0.3 is 4.90 Å². The van der Waals surface area contributed by atoms with Gasteiger partial charge in [0.1, 0.15) is 6.54 Å². The molecule has 0 spiro atoms. The van der Waals surface area contributed by atoms with Crippen molar-refractivity contribution in [1.29, 1.82) is 5.26 Å². The predicted octanol–water partition coefficient (Wildman–Crippen LogP) is 2.35. The number of aryl methyl sites for hydroxylation is 1. The number of hydrogen-bond acceptors (Lipinski definition) is 2. The van der Waals surface area contributed by atoms with Crippen molar-refractivity contribution in [3.05, 3.63) is 33.8 Å². The highest BCUT2D eigenvalue weighted by Crippen LogP contribution is 2.19. The monoisotopic (exact) mass is 266 g/mol. The molecule has 0 atom stereocenters. The van der Waals surface area contributed by atoms with E-state index in [2.05, 4.69) is 15.9 Å². The lowest BCUT2D eigenvalue weighted by atomic mass is 10.1. The first-order valence-corrected chi connectivity index (χ1v) is 5.24. The zero-order valence-electron chi connectivity index (χ0n) is 8.62. The smallest absolute Gasteiger partial charge is 0.255 e. The molecule has 1 aromatic rings. The van der Waals surface area contributed by atoms with Crippen molar-refractivity contribution in [2.75, 3.05) is 13.6 Å². The molecule has 0 aliphatic heterocycles. The molecule has 3 nitrogen and oxygen atoms in total. The maximum atomic E-state index is 11.9. The number of hydrogen-bond donors (Lipinski definition) is 0. The number of halogens is 1. The minimum Gasteiger partial charge on any atom is -0.328 e. The van der Waals surface area contributed by atoms with Crippen molar-refractivity contribution in [2.45, 2.75) is 6.92 Å². The van der Waals surface area contributed by atoms with Crippen molar-refractivity contribution < 1.29 is 4.79 Å². The lowest BCUT2D eigenvalue weighted by molar-refractivity contribution is 0.0811. The minimum atomic E-state index is -0.146. The Morgan fingerprint density at radius 1 is 1.60 bits per heavy atom. The Bertz CT molecular complexity index is 423. The van der Waals surface area contributed by atoms with Gasteiger partial charge in [0.05, 0.1) is 11.6 Å². The molecule has 0 aliphatic carbocycles. The van der Waals surface area contributed by atoms with Crippen LogP contribution in [-0.4, -0.2) is 24.4 Å². The van der Waals surface area contributed by atoms with E-state index in [1.807, 2.05) is 25.1 Å². The third-order valence-corrected chi connectivity index (χ3v) is 2.70. The summed E-state index contributed by atoms with van der Waals surface area (Å²) in [7, 11) is 1.61. The van der Waals surface area contributed by atoms with Crippen LogP contribution in [0.5, 0.6) is 0 Å². The molecule has 15 heavy (non-hydrogen) atoms. The van der Waals surface area contributed by atoms with Crippen molar-refractivity contribution in [2.24, 2.45) is 0 Å². The van der Waals surface area contributed by atoms with Crippen LogP contribution in [0.25, 0.3) is 0 Å². The average molecular weight is 267 g/mol. The molecule has 0 bridgehead atoms. The second-order valence-corrected chi connectivity index (χ2v) is 4.16. The molecule has 0 saturated carbocycles. The SMILES string of the molecule is Cc1ccc(Br)c(C(=O)N(C)CC#N)c1. The zero-order valence-corrected chi connectivity index (χ0v) is 10.2. The molecule has 4 heteroatoms. The quantitative estimate of drug-likeness (QED) is 0.772. The van der Waals surface area contributed by atoms with Crippen molar-refractivity contribution in [1.82, 2.24) is 4.90 Å². The minimum absolute atomic E-state index is 0.0964. The Hall–Kier alpha value is -1.34. The molecular formula is C11H11BrN2O. The van der Waals surface area contributed by atoms with E-state index >= 15 is 0 Å². The largest absolute Gasteiger partial charge is 0.328 e. The molecule has 0 aliphatic rings. The van der Waals surface area contributed by atoms with E-state index in [4.69, 9.17) is 5.26 Å². The standard InChI is InChI=1S/C11H11BrN2O/c1-8-3-4-10(12)9(7-8)11(15)14(2)6-5-13/h3-4,7H,6H2,1-2H3. The highest BCUT2D eigenvalue weighted by atomic mass is 79.9. The maximum Gasteiger partial charge on any atom is 0.255 e. The fraction of sp³-hybridized carbons (Fsp3) is 0.273. The zero-order chi connectivity index (χ0) is 11.4. The van der Waals surface area contributed by atoms with Crippen LogP contribution in [0.15, 0.2) is 22.7 Å². The molecular weight excluding hydrogens is 256 g/mol. The van der Waals surface area contributed by atoms with Gasteiger partial charge in [-0.2, -0.15) is 5.26 Å². The summed E-state index contributed by atoms with van der Waals surface area (Å²) in [5.74, 6) is -0.146. The summed E-state index contributed by atoms with van der Waals surface area (Å²) in [6.07, 6.45) is 0. The summed E-state index contributed by atoms with van der Waals surface area (Å²) in [6, 6.07) is 7.51. The van der Waals surface area contributed by atoms with Gasteiger partial charge in [-0.05, 0) is 35.0 Å². The first-order chi connectivity index (χ1) is 7.06. The van der Waals surface area contributed by atoms with E-state index in [0.717, 1.165) is 10.0 Å². The van der Waals surface area contributed by atoms with E-state index in [9.17, 15) is 4.79 Å². The normalized spacial score (nSPS) is 9.47. The van der Waals surface area contributed by atoms with Crippen LogP contribution in [0.3, 0.4) is 0 Å². The summed E-state index contributed by atoms with van der Waals surface area (Å²) in [5.41, 5.74) is 1.61. The Labute approximate surface area is 97.4 Å². The number of benzene rings is 1. The van der Waals surface area contributed by atoms with Crippen LogP contribution in [0, 0.1) is 18.3 Å². The van der Waals surface area contributed by atoms with Gasteiger partial charge in [-0.1, -0.05) is 11.6 Å². The van der Waals surface area contributed by atoms with Gasteiger partial charge in [-0.25, -0.2) is 0 Å². The lowest BCUT2D eigenvalue weighted by Gasteiger charge is -2.14. The number of nitrogens with zero attached hydrogens (tertiary/aromatic N) is 2. The van der Waals surface area contributed by atoms with Gasteiger partial charge in [0.25, 0.3) is 5.91 Å². The molecule has 0 saturated heterocycles. The van der Waals surface area contributed by atoms with Crippen LogP contribution in [0.4, 0.5) is 0 Å². The fourth-order valence-electron chi connectivity index (χ4n) is 1.19. The van der Waals surface area contributed by atoms with Crippen LogP contribution < -0.4 is 0 Å². The first-order valence-electron chi connectivity index (χ1n) is 4.45. The molecule has 0 fully saturated rings. The molecule has 78 valence electrons. The average Bonchev–Trinajstić information content (AvgIpc) is 2.21. The molecule has 1 rings (SSSR count). The van der Waals surface area contributed by atoms with Gasteiger partial charge in [0.15, 0.2) is 0 Å². The summed E-state index contributed by atoms with van der Waals surface area (Å²) < 4.78 is 0.753. The maximum absolute atomic E-state index is 11.9. The third kappa shape index (κ3) is 2.80. The predicted molar refractivity (Wildman–Crippen MR) is 61.5 cm³/mol. The van der Waals surface area contributed by atoms with E-state index in [0.29, 0.717) is 5.56 Å². The van der Waals surface area contributed by atoms with Gasteiger partial charge in [0.2, 0.25) is 0 Å². The summed E-state index contributed by atoms with van der Waals surface area (Å²) in [5, 5.41) is 8.50. The van der Waals surface area contributed by atoms with E-state index in [1.165, 1.54) is 4.90 Å². The molecule has 0 radical (unpaired) electrons. The van der Waals surface area contributed by atoms with Crippen LogP contribution >= 0.6 is 15.9 Å². The van der Waals surface area contributed by atoms with Crippen LogP contribution in [0.2, 0.25) is 0 Å². The molecule has 1 amide bonds. The van der Waals surface area contributed by atoms with Gasteiger partial charge in [-0.15, -0.1) is 0 Å². The van der Waals surface area contributed by atoms with Gasteiger partial charge in [0, 0.05) is 11.5 Å². The molecule has 0 aromatic heterocycles. The van der Waals surface area contributed by atoms with Gasteiger partial charge in [-0.3, -0.25) is 4.79 Å². The summed E-state index contributed by atoms with van der Waals surface area (Å²) >= 11 is 3.32. The number of carbonyl (C=O) groups is 1. The van der Waals surface area contributed by atoms with Crippen molar-refractivity contribution >= 4 is 21.8 Å². The highest BCUT2D eigenvalue weighted by Gasteiger charge is 2.14. The number of nitriles is 1. The molecule has 1 aromatic carbocycles. The fourth-order valence-corrected chi connectivity index (χ4v) is 1.60. The Kier molecular flexibility index (Phi) is 3.87. The van der Waals surface area contributed by atoms with E-state index in [1.54, 1.807) is 13.1 Å². The Balaban J connectivity index is 3.01. The topological polar surface area (TPSA) is 44.1 Å². The summed E-state index contributed by atoms with van der Waals surface area (Å²) in [4.78, 5) is 13.2. The highest BCUT2D eigenvalue weighted by molar-refractivity contribution is 9.10. The lowest BCUT2D eigenvalue weighted by Crippen LogP contribution is -2.27. The van der Waals surface area contributed by atoms with E-state index in [-0.39, 0.29) is 12.5 Å². The number of amides is 1. The van der Waals surface area contributed by atoms with Crippen molar-refractivity contribution in [3.8, 4) is 6.07 Å². The Morgan fingerprint density at radius 2 is 2.27 bits per heavy atom. The number of rotatable bonds is 2. The second kappa shape index (κ2) is 4.94. The summed E-state index contributed by atoms with van der Waals surface area (Å²) in [6.45, 7) is 2.02. The van der Waals surface area contributed by atoms with E-state index < -0.39 is 0 Å². The van der Waals surface area contributed by atoms with Crippen molar-refractivity contribution in [3.63, 3.8) is 0 Å². The molecule has 0 heterocycles. The first kappa shape index (κ1) is 11.7. The van der Waals surface area contributed by atoms with Gasteiger partial charge >= 0.3 is 0 Å². The third-order valence-electron chi connectivity index (χ3n) is 2.01. The van der Waals surface area contributed by atoms with Crippen LogP contribution in [0.1, 0.15) is 15.9 Å². The second-order valence-electron chi connectivity index (χ2n) is 3.30. The molecule has 0 N–H and O–H groups in total. The molecule has 0 unspecified atom stereocenters. The Morgan fingerprint density at radius 3 is 2.87 bits per heavy atom. The number of carbonyl (C=O) groups excluding carboxylic acids is 1. The van der Waals surface area contributed by atoms with Crippen LogP contribution in [-0.2, 0) is 0 Å².